The Morgan fingerprint density at radius 2 is 1.60 bits per heavy atom. The third kappa shape index (κ3) is 1.28. The maximum absolute atomic E-state index is 8.88. The van der Waals surface area contributed by atoms with Crippen LogP contribution in [-0.4, -0.2) is 51.6 Å². The minimum absolute atomic E-state index is 0.153. The maximum atomic E-state index is 8.88. The molecule has 0 radical (unpaired) electrons. The Labute approximate surface area is 57.5 Å². The van der Waals surface area contributed by atoms with E-state index >= 15 is 0 Å². The second-order valence-corrected chi connectivity index (χ2v) is 2.27. The minimum Gasteiger partial charge on any atom is -0.388 e. The summed E-state index contributed by atoms with van der Waals surface area (Å²) in [5.41, 5.74) is 0. The van der Waals surface area contributed by atoms with Crippen molar-refractivity contribution in [1.82, 2.24) is 0 Å². The number of ether oxygens (including phenoxy) is 1. The van der Waals surface area contributed by atoms with Crippen molar-refractivity contribution in [2.24, 2.45) is 0 Å². The molecule has 1 heterocycles. The Morgan fingerprint density at radius 3 is 2.10 bits per heavy atom. The Balaban J connectivity index is 2.52. The van der Waals surface area contributed by atoms with Crippen molar-refractivity contribution in [1.29, 1.82) is 0 Å². The van der Waals surface area contributed by atoms with E-state index in [4.69, 9.17) is 20.4 Å². The minimum atomic E-state index is -1.41. The highest BCUT2D eigenvalue weighted by atomic mass is 16.6. The summed E-state index contributed by atoms with van der Waals surface area (Å²) in [5, 5.41) is 35.3. The normalized spacial score (nSPS) is 49.2. The fraction of sp³-hybridized carbons (Fsp3) is 1.00. The maximum Gasteiger partial charge on any atom is 0.183 e. The van der Waals surface area contributed by atoms with Crippen LogP contribution in [0.2, 0.25) is 0 Å². The van der Waals surface area contributed by atoms with Crippen LogP contribution in [0.1, 0.15) is 0 Å². The standard InChI is InChI=1S/C5H10O5/c6-2-1-10-5(9)4(8)3(2)7/h2-9H,1H2/t2-,3-,4+,5?/m1/s1. The van der Waals surface area contributed by atoms with Gasteiger partial charge < -0.3 is 25.2 Å². The van der Waals surface area contributed by atoms with Gasteiger partial charge in [-0.05, 0) is 0 Å². The summed E-state index contributed by atoms with van der Waals surface area (Å²) >= 11 is 0. The summed E-state index contributed by atoms with van der Waals surface area (Å²) in [6.45, 7) is -0.153. The fourth-order valence-corrected chi connectivity index (χ4v) is 0.791. The van der Waals surface area contributed by atoms with E-state index in [-0.39, 0.29) is 6.61 Å². The van der Waals surface area contributed by atoms with Crippen LogP contribution in [0.25, 0.3) is 0 Å². The molecule has 0 amide bonds. The molecule has 1 fully saturated rings. The molecule has 4 N–H and O–H groups in total. The molecule has 60 valence electrons. The topological polar surface area (TPSA) is 90.2 Å². The fourth-order valence-electron chi connectivity index (χ4n) is 0.791. The molecule has 5 heteroatoms. The lowest BCUT2D eigenvalue weighted by molar-refractivity contribution is -0.252. The Hall–Kier alpha value is -0.200. The summed E-state index contributed by atoms with van der Waals surface area (Å²) in [4.78, 5) is 0. The molecule has 0 bridgehead atoms. The summed E-state index contributed by atoms with van der Waals surface area (Å²) < 4.78 is 4.47. The first-order valence-electron chi connectivity index (χ1n) is 2.97. The lowest BCUT2D eigenvalue weighted by Crippen LogP contribution is -2.52. The van der Waals surface area contributed by atoms with Crippen LogP contribution < -0.4 is 0 Å². The SMILES string of the molecule is OC1OC[C@@H](O)[C@@H](O)[C@@H]1O. The molecular weight excluding hydrogens is 140 g/mol. The molecule has 5 nitrogen and oxygen atoms in total. The zero-order valence-corrected chi connectivity index (χ0v) is 5.21. The van der Waals surface area contributed by atoms with Gasteiger partial charge in [-0.25, -0.2) is 0 Å². The molecule has 1 unspecified atom stereocenters. The van der Waals surface area contributed by atoms with Gasteiger partial charge in [-0.1, -0.05) is 0 Å². The van der Waals surface area contributed by atoms with Crippen LogP contribution in [0.5, 0.6) is 0 Å². The molecule has 0 spiro atoms. The van der Waals surface area contributed by atoms with Crippen molar-refractivity contribution in [3.8, 4) is 0 Å². The van der Waals surface area contributed by atoms with E-state index < -0.39 is 24.6 Å². The molecule has 10 heavy (non-hydrogen) atoms. The molecule has 1 rings (SSSR count). The molecule has 0 aromatic heterocycles. The molecule has 1 saturated heterocycles. The highest BCUT2D eigenvalue weighted by Gasteiger charge is 2.36. The average molecular weight is 150 g/mol. The summed E-state index contributed by atoms with van der Waals surface area (Å²) in [6, 6.07) is 0. The summed E-state index contributed by atoms with van der Waals surface area (Å²) in [6.07, 6.45) is -5.23. The number of hydrogen-bond donors (Lipinski definition) is 4. The quantitative estimate of drug-likeness (QED) is 0.304. The first-order valence-corrected chi connectivity index (χ1v) is 2.97. The first-order chi connectivity index (χ1) is 4.63. The molecule has 0 saturated carbocycles. The molecule has 1 aliphatic heterocycles. The Bertz CT molecular complexity index is 103. The van der Waals surface area contributed by atoms with E-state index in [0.717, 1.165) is 0 Å². The second kappa shape index (κ2) is 2.81. The van der Waals surface area contributed by atoms with Gasteiger partial charge in [-0.2, -0.15) is 0 Å². The number of aliphatic hydroxyl groups excluding tert-OH is 4. The zero-order chi connectivity index (χ0) is 7.72. The van der Waals surface area contributed by atoms with E-state index in [9.17, 15) is 0 Å². The van der Waals surface area contributed by atoms with Gasteiger partial charge in [0, 0.05) is 0 Å². The summed E-state index contributed by atoms with van der Waals surface area (Å²) in [5.74, 6) is 0. The first kappa shape index (κ1) is 7.90. The van der Waals surface area contributed by atoms with Crippen molar-refractivity contribution in [3.05, 3.63) is 0 Å². The van der Waals surface area contributed by atoms with Crippen LogP contribution in [-0.2, 0) is 4.74 Å². The van der Waals surface area contributed by atoms with E-state index in [2.05, 4.69) is 4.74 Å². The smallest absolute Gasteiger partial charge is 0.183 e. The Kier molecular flexibility index (Phi) is 2.22. The van der Waals surface area contributed by atoms with Crippen molar-refractivity contribution in [2.75, 3.05) is 6.61 Å². The van der Waals surface area contributed by atoms with Gasteiger partial charge in [0.15, 0.2) is 6.29 Å². The number of rotatable bonds is 0. The van der Waals surface area contributed by atoms with E-state index in [1.165, 1.54) is 0 Å². The highest BCUT2D eigenvalue weighted by Crippen LogP contribution is 2.12. The van der Waals surface area contributed by atoms with Crippen LogP contribution in [0, 0.1) is 0 Å². The van der Waals surface area contributed by atoms with Crippen molar-refractivity contribution in [3.63, 3.8) is 0 Å². The predicted molar refractivity (Wildman–Crippen MR) is 30.0 cm³/mol. The second-order valence-electron chi connectivity index (χ2n) is 2.27. The van der Waals surface area contributed by atoms with Crippen molar-refractivity contribution < 1.29 is 25.2 Å². The van der Waals surface area contributed by atoms with E-state index in [0.29, 0.717) is 0 Å². The average Bonchev–Trinajstić information content (AvgIpc) is 1.93. The van der Waals surface area contributed by atoms with Crippen molar-refractivity contribution in [2.45, 2.75) is 24.6 Å². The number of aliphatic hydroxyl groups is 4. The molecule has 1 aliphatic rings. The third-order valence-electron chi connectivity index (χ3n) is 1.47. The van der Waals surface area contributed by atoms with E-state index in [1.807, 2.05) is 0 Å². The third-order valence-corrected chi connectivity index (χ3v) is 1.47. The summed E-state index contributed by atoms with van der Waals surface area (Å²) in [7, 11) is 0. The van der Waals surface area contributed by atoms with Gasteiger partial charge >= 0.3 is 0 Å². The van der Waals surface area contributed by atoms with Crippen LogP contribution in [0.4, 0.5) is 0 Å². The van der Waals surface area contributed by atoms with Gasteiger partial charge in [0.25, 0.3) is 0 Å². The van der Waals surface area contributed by atoms with Crippen LogP contribution >= 0.6 is 0 Å². The van der Waals surface area contributed by atoms with Crippen LogP contribution in [0.3, 0.4) is 0 Å². The number of hydrogen-bond acceptors (Lipinski definition) is 5. The monoisotopic (exact) mass is 150 g/mol. The van der Waals surface area contributed by atoms with Gasteiger partial charge in [0.05, 0.1) is 6.61 Å². The molecule has 0 aromatic carbocycles. The Morgan fingerprint density at radius 1 is 1.00 bits per heavy atom. The lowest BCUT2D eigenvalue weighted by atomic mass is 10.1. The largest absolute Gasteiger partial charge is 0.388 e. The highest BCUT2D eigenvalue weighted by molar-refractivity contribution is 4.81. The van der Waals surface area contributed by atoms with Gasteiger partial charge in [0.2, 0.25) is 0 Å². The van der Waals surface area contributed by atoms with Gasteiger partial charge in [-0.3, -0.25) is 0 Å². The predicted octanol–water partition coefficient (Wildman–Crippen LogP) is -2.58. The molecular formula is C5H10O5. The molecule has 0 aliphatic carbocycles. The van der Waals surface area contributed by atoms with Crippen LogP contribution in [0.15, 0.2) is 0 Å². The lowest BCUT2D eigenvalue weighted by Gasteiger charge is -2.31. The van der Waals surface area contributed by atoms with E-state index in [1.54, 1.807) is 0 Å². The van der Waals surface area contributed by atoms with Gasteiger partial charge in [-0.15, -0.1) is 0 Å². The molecule has 4 atom stereocenters. The zero-order valence-electron chi connectivity index (χ0n) is 5.21. The van der Waals surface area contributed by atoms with Crippen molar-refractivity contribution >= 4 is 0 Å². The molecule has 0 aromatic rings. The van der Waals surface area contributed by atoms with Gasteiger partial charge in [0.1, 0.15) is 18.3 Å².